The Morgan fingerprint density at radius 1 is 1.11 bits per heavy atom. The number of nitrogens with zero attached hydrogens (tertiary/aromatic N) is 6. The molecule has 182 valence electrons. The van der Waals surface area contributed by atoms with E-state index < -0.39 is 0 Å². The van der Waals surface area contributed by atoms with E-state index in [0.29, 0.717) is 11.6 Å². The number of nitriles is 1. The first-order valence-corrected chi connectivity index (χ1v) is 12.5. The third-order valence-corrected chi connectivity index (χ3v) is 7.34. The lowest BCUT2D eigenvalue weighted by Gasteiger charge is -2.35. The number of rotatable bonds is 5. The number of benzene rings is 2. The first-order chi connectivity index (χ1) is 17.6. The number of aliphatic hydroxyl groups excluding tert-OH is 1. The van der Waals surface area contributed by atoms with Crippen molar-refractivity contribution >= 4 is 5.69 Å². The second-order valence-corrected chi connectivity index (χ2v) is 9.78. The molecule has 0 bridgehead atoms. The van der Waals surface area contributed by atoms with Crippen LogP contribution in [0, 0.1) is 11.3 Å². The Bertz CT molecular complexity index is 1420. The SMILES string of the molecule is C[C@H](CO)NC1CCN(c2ccc3c(c2)Cn2cc(-c4ccc(C#N)cc4)cc2-c2nncn2-3)CC1. The molecule has 2 aromatic carbocycles. The summed E-state index contributed by atoms with van der Waals surface area (Å²) in [5.74, 6) is 0.825. The Morgan fingerprint density at radius 2 is 1.92 bits per heavy atom. The van der Waals surface area contributed by atoms with Gasteiger partial charge >= 0.3 is 0 Å². The molecule has 0 aliphatic carbocycles. The van der Waals surface area contributed by atoms with Crippen molar-refractivity contribution < 1.29 is 5.11 Å². The highest BCUT2D eigenvalue weighted by atomic mass is 16.3. The highest BCUT2D eigenvalue weighted by molar-refractivity contribution is 5.72. The van der Waals surface area contributed by atoms with Crippen LogP contribution in [0.4, 0.5) is 5.69 Å². The molecule has 36 heavy (non-hydrogen) atoms. The minimum absolute atomic E-state index is 0.136. The summed E-state index contributed by atoms with van der Waals surface area (Å²) < 4.78 is 4.32. The van der Waals surface area contributed by atoms with Gasteiger partial charge in [-0.3, -0.25) is 4.57 Å². The molecule has 2 aliphatic heterocycles. The largest absolute Gasteiger partial charge is 0.395 e. The number of fused-ring (bicyclic) bond motifs is 5. The summed E-state index contributed by atoms with van der Waals surface area (Å²) in [5, 5.41) is 30.7. The average Bonchev–Trinajstić information content (AvgIpc) is 3.54. The lowest BCUT2D eigenvalue weighted by molar-refractivity contribution is 0.233. The van der Waals surface area contributed by atoms with Gasteiger partial charge in [0.2, 0.25) is 0 Å². The van der Waals surface area contributed by atoms with E-state index in [2.05, 4.69) is 66.1 Å². The zero-order valence-corrected chi connectivity index (χ0v) is 20.3. The summed E-state index contributed by atoms with van der Waals surface area (Å²) >= 11 is 0. The second-order valence-electron chi connectivity index (χ2n) is 9.78. The number of piperidine rings is 1. The van der Waals surface area contributed by atoms with Gasteiger partial charge < -0.3 is 19.9 Å². The van der Waals surface area contributed by atoms with Crippen LogP contribution in [-0.4, -0.2) is 56.2 Å². The van der Waals surface area contributed by atoms with Crippen molar-refractivity contribution in [3.8, 4) is 34.4 Å². The van der Waals surface area contributed by atoms with E-state index in [4.69, 9.17) is 5.26 Å². The van der Waals surface area contributed by atoms with Crippen molar-refractivity contribution in [2.75, 3.05) is 24.6 Å². The van der Waals surface area contributed by atoms with Gasteiger partial charge in [0.15, 0.2) is 5.82 Å². The van der Waals surface area contributed by atoms with Gasteiger partial charge in [-0.05, 0) is 67.3 Å². The molecule has 0 saturated carbocycles. The molecule has 6 rings (SSSR count). The Labute approximate surface area is 210 Å². The van der Waals surface area contributed by atoms with E-state index in [0.717, 1.165) is 60.8 Å². The van der Waals surface area contributed by atoms with Crippen molar-refractivity contribution in [3.63, 3.8) is 0 Å². The fourth-order valence-corrected chi connectivity index (χ4v) is 5.38. The summed E-state index contributed by atoms with van der Waals surface area (Å²) in [7, 11) is 0. The molecule has 1 fully saturated rings. The smallest absolute Gasteiger partial charge is 0.185 e. The first-order valence-electron chi connectivity index (χ1n) is 12.5. The maximum absolute atomic E-state index is 9.34. The van der Waals surface area contributed by atoms with Crippen molar-refractivity contribution in [2.45, 2.75) is 38.4 Å². The summed E-state index contributed by atoms with van der Waals surface area (Å²) in [6.07, 6.45) is 6.08. The van der Waals surface area contributed by atoms with Crippen LogP contribution in [0.1, 0.15) is 30.9 Å². The molecular weight excluding hydrogens is 450 g/mol. The molecule has 1 saturated heterocycles. The van der Waals surface area contributed by atoms with Gasteiger partial charge in [0.25, 0.3) is 0 Å². The van der Waals surface area contributed by atoms with Crippen molar-refractivity contribution in [2.24, 2.45) is 0 Å². The Hall–Kier alpha value is -3.93. The van der Waals surface area contributed by atoms with Crippen LogP contribution in [0.2, 0.25) is 0 Å². The van der Waals surface area contributed by atoms with Crippen LogP contribution in [0.3, 0.4) is 0 Å². The molecule has 4 heterocycles. The molecule has 0 spiro atoms. The van der Waals surface area contributed by atoms with E-state index in [1.165, 1.54) is 11.3 Å². The van der Waals surface area contributed by atoms with E-state index in [-0.39, 0.29) is 12.6 Å². The lowest BCUT2D eigenvalue weighted by Crippen LogP contribution is -2.46. The fraction of sp³-hybridized carbons (Fsp3) is 0.321. The molecule has 8 nitrogen and oxygen atoms in total. The highest BCUT2D eigenvalue weighted by Gasteiger charge is 2.25. The van der Waals surface area contributed by atoms with Crippen LogP contribution in [0.15, 0.2) is 61.1 Å². The molecule has 0 amide bonds. The predicted molar refractivity (Wildman–Crippen MR) is 139 cm³/mol. The number of aromatic nitrogens is 4. The highest BCUT2D eigenvalue weighted by Crippen LogP contribution is 2.35. The number of anilines is 1. The van der Waals surface area contributed by atoms with Gasteiger partial charge in [0.05, 0.1) is 29.6 Å². The lowest BCUT2D eigenvalue weighted by atomic mass is 10.0. The zero-order chi connectivity index (χ0) is 24.6. The van der Waals surface area contributed by atoms with E-state index >= 15 is 0 Å². The summed E-state index contributed by atoms with van der Waals surface area (Å²) in [6, 6.07) is 19.3. The standard InChI is InChI=1S/C28H29N7O/c1-19(17-36)31-24-8-10-33(11-9-24)25-6-7-26-23(12-25)16-34-15-22(21-4-2-20(14-29)3-5-21)13-27(34)28-32-30-18-35(26)28/h2-7,12-13,15,18-19,24,31,36H,8-11,16-17H2,1H3/t19-/m1/s1. The monoisotopic (exact) mass is 479 g/mol. The topological polar surface area (TPSA) is 94.9 Å². The number of hydrogen-bond donors (Lipinski definition) is 2. The molecule has 0 radical (unpaired) electrons. The van der Waals surface area contributed by atoms with Crippen molar-refractivity contribution in [1.29, 1.82) is 5.26 Å². The first kappa shape index (κ1) is 22.5. The van der Waals surface area contributed by atoms with E-state index in [9.17, 15) is 5.11 Å². The Kier molecular flexibility index (Phi) is 5.80. The number of nitrogens with one attached hydrogen (secondary N) is 1. The molecule has 4 aromatic rings. The third-order valence-electron chi connectivity index (χ3n) is 7.34. The average molecular weight is 480 g/mol. The molecule has 0 unspecified atom stereocenters. The third kappa shape index (κ3) is 4.06. The molecule has 1 atom stereocenters. The van der Waals surface area contributed by atoms with Crippen LogP contribution < -0.4 is 10.2 Å². The summed E-state index contributed by atoms with van der Waals surface area (Å²) in [5.41, 5.74) is 7.41. The van der Waals surface area contributed by atoms with Gasteiger partial charge in [-0.25, -0.2) is 0 Å². The molecule has 8 heteroatoms. The molecule has 2 aliphatic rings. The van der Waals surface area contributed by atoms with Gasteiger partial charge in [-0.2, -0.15) is 5.26 Å². The predicted octanol–water partition coefficient (Wildman–Crippen LogP) is 3.58. The second kappa shape index (κ2) is 9.26. The van der Waals surface area contributed by atoms with Gasteiger partial charge in [-0.15, -0.1) is 10.2 Å². The number of hydrogen-bond acceptors (Lipinski definition) is 6. The van der Waals surface area contributed by atoms with Gasteiger partial charge in [0.1, 0.15) is 6.33 Å². The number of aliphatic hydroxyl groups is 1. The van der Waals surface area contributed by atoms with E-state index in [1.54, 1.807) is 6.33 Å². The summed E-state index contributed by atoms with van der Waals surface area (Å²) in [4.78, 5) is 2.46. The van der Waals surface area contributed by atoms with Crippen LogP contribution in [-0.2, 0) is 6.54 Å². The van der Waals surface area contributed by atoms with Crippen LogP contribution in [0.25, 0.3) is 28.3 Å². The van der Waals surface area contributed by atoms with Crippen LogP contribution >= 0.6 is 0 Å². The normalized spacial score (nSPS) is 16.0. The Morgan fingerprint density at radius 3 is 2.67 bits per heavy atom. The maximum atomic E-state index is 9.34. The van der Waals surface area contributed by atoms with Crippen LogP contribution in [0.5, 0.6) is 0 Å². The minimum Gasteiger partial charge on any atom is -0.395 e. The van der Waals surface area contributed by atoms with Crippen molar-refractivity contribution in [1.82, 2.24) is 24.6 Å². The molecular formula is C28H29N7O. The molecule has 2 N–H and O–H groups in total. The quantitative estimate of drug-likeness (QED) is 0.400. The fourth-order valence-electron chi connectivity index (χ4n) is 5.38. The Balaban J connectivity index is 1.30. The maximum Gasteiger partial charge on any atom is 0.185 e. The minimum atomic E-state index is 0.136. The van der Waals surface area contributed by atoms with Gasteiger partial charge in [0, 0.05) is 49.2 Å². The van der Waals surface area contributed by atoms with Crippen molar-refractivity contribution in [3.05, 3.63) is 72.2 Å². The molecule has 2 aromatic heterocycles. The van der Waals surface area contributed by atoms with Gasteiger partial charge in [-0.1, -0.05) is 12.1 Å². The summed E-state index contributed by atoms with van der Waals surface area (Å²) in [6.45, 7) is 4.92. The van der Waals surface area contributed by atoms with E-state index in [1.807, 2.05) is 31.2 Å². The zero-order valence-electron chi connectivity index (χ0n) is 20.3.